The second-order valence-electron chi connectivity index (χ2n) is 7.38. The number of aliphatic hydroxyl groups excluding tert-OH is 1. The van der Waals surface area contributed by atoms with Gasteiger partial charge in [-0.25, -0.2) is 4.39 Å². The van der Waals surface area contributed by atoms with Crippen LogP contribution in [0.4, 0.5) is 4.39 Å². The van der Waals surface area contributed by atoms with Crippen LogP contribution in [-0.2, 0) is 16.1 Å². The standard InChI is InChI=1S/C21H23FN2O3S/c22-16-5-3-14(4-6-16)12-17-13-18(27-23-17)21(26)24-9-7-15(8-10-24)20(25)19-2-1-11-28-19/h1-6,11,15,18,20,25H,7-10,12-13H2. The lowest BCUT2D eigenvalue weighted by atomic mass is 9.90. The summed E-state index contributed by atoms with van der Waals surface area (Å²) in [5.74, 6) is -0.131. The van der Waals surface area contributed by atoms with Crippen molar-refractivity contribution in [2.45, 2.75) is 37.9 Å². The van der Waals surface area contributed by atoms with Crippen molar-refractivity contribution in [3.8, 4) is 0 Å². The largest absolute Gasteiger partial charge is 0.387 e. The van der Waals surface area contributed by atoms with Crippen LogP contribution in [0.5, 0.6) is 0 Å². The van der Waals surface area contributed by atoms with E-state index in [2.05, 4.69) is 5.16 Å². The molecular formula is C21H23FN2O3S. The molecule has 5 nitrogen and oxygen atoms in total. The summed E-state index contributed by atoms with van der Waals surface area (Å²) in [6.45, 7) is 1.25. The highest BCUT2D eigenvalue weighted by Gasteiger charge is 2.35. The van der Waals surface area contributed by atoms with Crippen LogP contribution in [0.3, 0.4) is 0 Å². The van der Waals surface area contributed by atoms with E-state index in [0.29, 0.717) is 25.9 Å². The maximum atomic E-state index is 13.0. The molecule has 3 heterocycles. The number of rotatable bonds is 5. The molecular weight excluding hydrogens is 379 g/mol. The molecule has 148 valence electrons. The third-order valence-electron chi connectivity index (χ3n) is 5.46. The van der Waals surface area contributed by atoms with Crippen molar-refractivity contribution in [1.82, 2.24) is 4.90 Å². The second-order valence-corrected chi connectivity index (χ2v) is 8.36. The second kappa shape index (κ2) is 8.41. The molecule has 0 aliphatic carbocycles. The molecule has 1 aromatic heterocycles. The van der Waals surface area contributed by atoms with Gasteiger partial charge in [-0.3, -0.25) is 4.79 Å². The highest BCUT2D eigenvalue weighted by atomic mass is 32.1. The topological polar surface area (TPSA) is 62.1 Å². The first kappa shape index (κ1) is 19.1. The molecule has 2 aliphatic heterocycles. The van der Waals surface area contributed by atoms with Gasteiger partial charge in [0, 0.05) is 30.8 Å². The zero-order valence-electron chi connectivity index (χ0n) is 15.5. The molecule has 2 aromatic rings. The fourth-order valence-electron chi connectivity index (χ4n) is 3.83. The molecule has 1 aromatic carbocycles. The molecule has 28 heavy (non-hydrogen) atoms. The van der Waals surface area contributed by atoms with Gasteiger partial charge in [0.15, 0.2) is 0 Å². The van der Waals surface area contributed by atoms with E-state index in [1.54, 1.807) is 23.5 Å². The summed E-state index contributed by atoms with van der Waals surface area (Å²) in [6, 6.07) is 10.2. The minimum Gasteiger partial charge on any atom is -0.387 e. The molecule has 7 heteroatoms. The van der Waals surface area contributed by atoms with Gasteiger partial charge in [0.2, 0.25) is 6.10 Å². The third kappa shape index (κ3) is 4.25. The quantitative estimate of drug-likeness (QED) is 0.832. The van der Waals surface area contributed by atoms with E-state index >= 15 is 0 Å². The molecule has 0 radical (unpaired) electrons. The zero-order valence-corrected chi connectivity index (χ0v) is 16.3. The van der Waals surface area contributed by atoms with E-state index in [-0.39, 0.29) is 17.6 Å². The smallest absolute Gasteiger partial charge is 0.266 e. The number of halogens is 1. The third-order valence-corrected chi connectivity index (χ3v) is 6.40. The number of likely N-dealkylation sites (tertiary alicyclic amines) is 1. The van der Waals surface area contributed by atoms with Crippen LogP contribution in [0.25, 0.3) is 0 Å². The van der Waals surface area contributed by atoms with Crippen LogP contribution in [0.2, 0.25) is 0 Å². The number of piperidine rings is 1. The van der Waals surface area contributed by atoms with E-state index in [0.717, 1.165) is 29.0 Å². The first-order valence-electron chi connectivity index (χ1n) is 9.56. The Hall–Kier alpha value is -2.25. The normalized spacial score (nSPS) is 21.3. The average Bonchev–Trinajstić information content (AvgIpc) is 3.41. The van der Waals surface area contributed by atoms with Crippen LogP contribution in [0.15, 0.2) is 46.9 Å². The van der Waals surface area contributed by atoms with Crippen LogP contribution in [0.1, 0.15) is 35.8 Å². The van der Waals surface area contributed by atoms with Gasteiger partial charge in [-0.15, -0.1) is 11.3 Å². The summed E-state index contributed by atoms with van der Waals surface area (Å²) in [5, 5.41) is 16.5. The predicted molar refractivity (Wildman–Crippen MR) is 106 cm³/mol. The van der Waals surface area contributed by atoms with Crippen LogP contribution in [-0.4, -0.2) is 40.8 Å². The van der Waals surface area contributed by atoms with Gasteiger partial charge in [0.25, 0.3) is 5.91 Å². The number of thiophene rings is 1. The lowest BCUT2D eigenvalue weighted by molar-refractivity contribution is -0.144. The van der Waals surface area contributed by atoms with E-state index < -0.39 is 12.2 Å². The Labute approximate surface area is 167 Å². The van der Waals surface area contributed by atoms with Gasteiger partial charge in [0.05, 0.1) is 11.8 Å². The summed E-state index contributed by atoms with van der Waals surface area (Å²) >= 11 is 1.57. The fraction of sp³-hybridized carbons (Fsp3) is 0.429. The van der Waals surface area contributed by atoms with Crippen molar-refractivity contribution >= 4 is 23.0 Å². The van der Waals surface area contributed by atoms with Crippen molar-refractivity contribution in [3.05, 3.63) is 58.0 Å². The van der Waals surface area contributed by atoms with E-state index in [9.17, 15) is 14.3 Å². The lowest BCUT2D eigenvalue weighted by Gasteiger charge is -2.34. The summed E-state index contributed by atoms with van der Waals surface area (Å²) < 4.78 is 13.0. The minimum absolute atomic E-state index is 0.0399. The number of hydrogen-bond donors (Lipinski definition) is 1. The molecule has 0 bridgehead atoms. The number of amides is 1. The van der Waals surface area contributed by atoms with Gasteiger partial charge in [0.1, 0.15) is 5.82 Å². The minimum atomic E-state index is -0.575. The summed E-state index contributed by atoms with van der Waals surface area (Å²) in [4.78, 5) is 21.0. The van der Waals surface area contributed by atoms with E-state index in [1.807, 2.05) is 22.4 Å². The molecule has 1 N–H and O–H groups in total. The monoisotopic (exact) mass is 402 g/mol. The summed E-state index contributed by atoms with van der Waals surface area (Å²) in [7, 11) is 0. The highest BCUT2D eigenvalue weighted by Crippen LogP contribution is 2.33. The molecule has 1 amide bonds. The van der Waals surface area contributed by atoms with Gasteiger partial charge in [-0.1, -0.05) is 23.4 Å². The molecule has 0 saturated carbocycles. The number of nitrogens with zero attached hydrogens (tertiary/aromatic N) is 2. The first-order chi connectivity index (χ1) is 13.6. The van der Waals surface area contributed by atoms with Gasteiger partial charge >= 0.3 is 0 Å². The fourth-order valence-corrected chi connectivity index (χ4v) is 4.64. The van der Waals surface area contributed by atoms with Crippen molar-refractivity contribution < 1.29 is 19.1 Å². The molecule has 0 spiro atoms. The van der Waals surface area contributed by atoms with E-state index in [4.69, 9.17) is 4.84 Å². The zero-order chi connectivity index (χ0) is 19.5. The first-order valence-corrected chi connectivity index (χ1v) is 10.4. The Morgan fingerprint density at radius 2 is 2.04 bits per heavy atom. The predicted octanol–water partition coefficient (Wildman–Crippen LogP) is 3.55. The summed E-state index contributed by atoms with van der Waals surface area (Å²) in [5.41, 5.74) is 1.74. The summed E-state index contributed by atoms with van der Waals surface area (Å²) in [6.07, 6.45) is 1.55. The molecule has 2 atom stereocenters. The van der Waals surface area contributed by atoms with Gasteiger partial charge in [-0.2, -0.15) is 0 Å². The van der Waals surface area contributed by atoms with Crippen LogP contribution >= 0.6 is 11.3 Å². The Balaban J connectivity index is 1.26. The number of hydrogen-bond acceptors (Lipinski definition) is 5. The number of benzene rings is 1. The Kier molecular flexibility index (Phi) is 5.73. The SMILES string of the molecule is O=C(C1CC(Cc2ccc(F)cc2)=NO1)N1CCC(C(O)c2cccs2)CC1. The lowest BCUT2D eigenvalue weighted by Crippen LogP contribution is -2.44. The van der Waals surface area contributed by atoms with Crippen LogP contribution < -0.4 is 0 Å². The van der Waals surface area contributed by atoms with Crippen molar-refractivity contribution in [3.63, 3.8) is 0 Å². The number of oxime groups is 1. The average molecular weight is 402 g/mol. The number of aliphatic hydroxyl groups is 1. The van der Waals surface area contributed by atoms with Crippen molar-refractivity contribution in [2.75, 3.05) is 13.1 Å². The van der Waals surface area contributed by atoms with Crippen molar-refractivity contribution in [1.29, 1.82) is 0 Å². The molecule has 4 rings (SSSR count). The molecule has 1 saturated heterocycles. The maximum absolute atomic E-state index is 13.0. The number of carbonyl (C=O) groups is 1. The highest BCUT2D eigenvalue weighted by molar-refractivity contribution is 7.10. The van der Waals surface area contributed by atoms with Crippen molar-refractivity contribution in [2.24, 2.45) is 11.1 Å². The van der Waals surface area contributed by atoms with E-state index in [1.165, 1.54) is 12.1 Å². The molecule has 1 fully saturated rings. The Bertz CT molecular complexity index is 830. The van der Waals surface area contributed by atoms with Gasteiger partial charge in [-0.05, 0) is 47.9 Å². The maximum Gasteiger partial charge on any atom is 0.266 e. The number of carbonyl (C=O) groups excluding carboxylic acids is 1. The van der Waals surface area contributed by atoms with Gasteiger partial charge < -0.3 is 14.8 Å². The Morgan fingerprint density at radius 3 is 2.71 bits per heavy atom. The van der Waals surface area contributed by atoms with Crippen LogP contribution in [0, 0.1) is 11.7 Å². The molecule has 2 unspecified atom stereocenters. The Morgan fingerprint density at radius 1 is 1.29 bits per heavy atom. The molecule has 2 aliphatic rings.